The lowest BCUT2D eigenvalue weighted by molar-refractivity contribution is -0.133. The van der Waals surface area contributed by atoms with Crippen molar-refractivity contribution in [3.8, 4) is 0 Å². The third-order valence-corrected chi connectivity index (χ3v) is 3.89. The summed E-state index contributed by atoms with van der Waals surface area (Å²) in [6.45, 7) is 0. The maximum absolute atomic E-state index is 10.5. The van der Waals surface area contributed by atoms with Crippen molar-refractivity contribution < 1.29 is 9.90 Å². The Morgan fingerprint density at radius 2 is 2.47 bits per heavy atom. The molecule has 17 heavy (non-hydrogen) atoms. The molecule has 0 aliphatic carbocycles. The van der Waals surface area contributed by atoms with Gasteiger partial charge in [0.2, 0.25) is 0 Å². The minimum Gasteiger partial charge on any atom is -0.481 e. The van der Waals surface area contributed by atoms with Gasteiger partial charge in [-0.2, -0.15) is 5.10 Å². The largest absolute Gasteiger partial charge is 0.481 e. The van der Waals surface area contributed by atoms with Crippen molar-refractivity contribution in [2.75, 3.05) is 5.75 Å². The molecule has 0 atom stereocenters. The van der Waals surface area contributed by atoms with E-state index in [1.165, 1.54) is 16.6 Å². The molecule has 0 fully saturated rings. The minimum absolute atomic E-state index is 0.00494. The number of aryl methyl sites for hydroxylation is 1. The molecule has 2 aromatic heterocycles. The molecule has 7 heteroatoms. The van der Waals surface area contributed by atoms with Crippen molar-refractivity contribution >= 4 is 29.1 Å². The monoisotopic (exact) mass is 269 g/mol. The molecule has 0 spiro atoms. The highest BCUT2D eigenvalue weighted by atomic mass is 32.2. The van der Waals surface area contributed by atoms with Crippen molar-refractivity contribution in [2.45, 2.75) is 11.6 Å². The molecule has 0 bridgehead atoms. The van der Waals surface area contributed by atoms with E-state index in [0.29, 0.717) is 11.6 Å². The molecule has 0 unspecified atom stereocenters. The van der Waals surface area contributed by atoms with Gasteiger partial charge in [-0.3, -0.25) is 4.79 Å². The number of aliphatic carboxylic acids is 1. The highest BCUT2D eigenvalue weighted by molar-refractivity contribution is 7.99. The van der Waals surface area contributed by atoms with Gasteiger partial charge in [0.05, 0.1) is 5.75 Å². The maximum atomic E-state index is 10.5. The quantitative estimate of drug-likeness (QED) is 0.836. The molecular formula is C10H11N3O2S2. The molecule has 0 aliphatic heterocycles. The van der Waals surface area contributed by atoms with Crippen LogP contribution in [0.15, 0.2) is 22.7 Å². The van der Waals surface area contributed by atoms with E-state index in [1.807, 2.05) is 17.5 Å². The number of carboxylic acids is 1. The highest BCUT2D eigenvalue weighted by Crippen LogP contribution is 2.17. The molecule has 0 saturated carbocycles. The van der Waals surface area contributed by atoms with Crippen LogP contribution < -0.4 is 0 Å². The standard InChI is InChI=1S/C10H11N3O2S2/c1-13-10(17-6-9(14)15)11-8(12-13)5-7-3-2-4-16-7/h2-4H,5-6H2,1H3,(H,14,15). The van der Waals surface area contributed by atoms with Gasteiger partial charge >= 0.3 is 5.97 Å². The molecule has 0 aliphatic rings. The minimum atomic E-state index is -0.849. The predicted molar refractivity (Wildman–Crippen MR) is 66.5 cm³/mol. The first-order chi connectivity index (χ1) is 8.15. The average molecular weight is 269 g/mol. The van der Waals surface area contributed by atoms with Gasteiger partial charge < -0.3 is 5.11 Å². The highest BCUT2D eigenvalue weighted by Gasteiger charge is 2.10. The first-order valence-corrected chi connectivity index (χ1v) is 6.78. The summed E-state index contributed by atoms with van der Waals surface area (Å²) < 4.78 is 1.62. The van der Waals surface area contributed by atoms with Crippen molar-refractivity contribution in [1.82, 2.24) is 14.8 Å². The van der Waals surface area contributed by atoms with Gasteiger partial charge in [0.25, 0.3) is 0 Å². The van der Waals surface area contributed by atoms with E-state index >= 15 is 0 Å². The maximum Gasteiger partial charge on any atom is 0.313 e. The van der Waals surface area contributed by atoms with Crippen LogP contribution in [0.1, 0.15) is 10.7 Å². The van der Waals surface area contributed by atoms with Crippen LogP contribution in [0.2, 0.25) is 0 Å². The van der Waals surface area contributed by atoms with Crippen LogP contribution in [-0.4, -0.2) is 31.6 Å². The van der Waals surface area contributed by atoms with E-state index in [9.17, 15) is 4.79 Å². The normalized spacial score (nSPS) is 10.6. The summed E-state index contributed by atoms with van der Waals surface area (Å²) in [4.78, 5) is 16.0. The number of carboxylic acid groups (broad SMARTS) is 1. The smallest absolute Gasteiger partial charge is 0.313 e. The zero-order chi connectivity index (χ0) is 12.3. The van der Waals surface area contributed by atoms with E-state index in [2.05, 4.69) is 10.1 Å². The molecule has 0 amide bonds. The van der Waals surface area contributed by atoms with E-state index < -0.39 is 5.97 Å². The van der Waals surface area contributed by atoms with Crippen LogP contribution in [-0.2, 0) is 18.3 Å². The Bertz CT molecular complexity index is 508. The molecule has 0 aromatic carbocycles. The Balaban J connectivity index is 2.05. The SMILES string of the molecule is Cn1nc(Cc2cccs2)nc1SCC(=O)O. The predicted octanol–water partition coefficient (Wildman–Crippen LogP) is 1.64. The van der Waals surface area contributed by atoms with Gasteiger partial charge in [-0.15, -0.1) is 11.3 Å². The van der Waals surface area contributed by atoms with Crippen LogP contribution >= 0.6 is 23.1 Å². The van der Waals surface area contributed by atoms with Gasteiger partial charge in [0, 0.05) is 18.3 Å². The summed E-state index contributed by atoms with van der Waals surface area (Å²) in [5, 5.41) is 15.5. The Kier molecular flexibility index (Phi) is 3.80. The fraction of sp³-hybridized carbons (Fsp3) is 0.300. The number of aromatic nitrogens is 3. The second kappa shape index (κ2) is 5.33. The van der Waals surface area contributed by atoms with Crippen LogP contribution in [0.25, 0.3) is 0 Å². The Hall–Kier alpha value is -1.34. The van der Waals surface area contributed by atoms with E-state index in [1.54, 1.807) is 23.1 Å². The van der Waals surface area contributed by atoms with Crippen LogP contribution in [0.3, 0.4) is 0 Å². The van der Waals surface area contributed by atoms with E-state index in [-0.39, 0.29) is 5.75 Å². The average Bonchev–Trinajstić information content (AvgIpc) is 2.86. The lowest BCUT2D eigenvalue weighted by Crippen LogP contribution is -2.00. The van der Waals surface area contributed by atoms with Gasteiger partial charge in [-0.05, 0) is 11.4 Å². The zero-order valence-electron chi connectivity index (χ0n) is 9.16. The van der Waals surface area contributed by atoms with Gasteiger partial charge in [0.15, 0.2) is 11.0 Å². The second-order valence-electron chi connectivity index (χ2n) is 3.37. The summed E-state index contributed by atoms with van der Waals surface area (Å²) in [6.07, 6.45) is 0.694. The molecule has 90 valence electrons. The van der Waals surface area contributed by atoms with Crippen LogP contribution in [0, 0.1) is 0 Å². The fourth-order valence-corrected chi connectivity index (χ4v) is 2.67. The number of rotatable bonds is 5. The first kappa shape index (κ1) is 12.1. The molecular weight excluding hydrogens is 258 g/mol. The van der Waals surface area contributed by atoms with Crippen molar-refractivity contribution in [3.63, 3.8) is 0 Å². The molecule has 1 N–H and O–H groups in total. The Morgan fingerprint density at radius 3 is 3.12 bits per heavy atom. The third-order valence-electron chi connectivity index (χ3n) is 2.00. The summed E-state index contributed by atoms with van der Waals surface area (Å²) in [7, 11) is 1.77. The molecule has 2 heterocycles. The number of hydrogen-bond acceptors (Lipinski definition) is 5. The van der Waals surface area contributed by atoms with Crippen LogP contribution in [0.5, 0.6) is 0 Å². The van der Waals surface area contributed by atoms with Gasteiger partial charge in [-0.1, -0.05) is 17.8 Å². The Morgan fingerprint density at radius 1 is 1.65 bits per heavy atom. The number of carbonyl (C=O) groups is 1. The van der Waals surface area contributed by atoms with Crippen LogP contribution in [0.4, 0.5) is 0 Å². The molecule has 2 rings (SSSR count). The van der Waals surface area contributed by atoms with Crippen molar-refractivity contribution in [2.24, 2.45) is 7.05 Å². The summed E-state index contributed by atoms with van der Waals surface area (Å²) in [6, 6.07) is 4.02. The summed E-state index contributed by atoms with van der Waals surface area (Å²) >= 11 is 2.84. The van der Waals surface area contributed by atoms with Gasteiger partial charge in [-0.25, -0.2) is 9.67 Å². The topological polar surface area (TPSA) is 68.0 Å². The third kappa shape index (κ3) is 3.31. The number of thioether (sulfide) groups is 1. The lowest BCUT2D eigenvalue weighted by Gasteiger charge is -1.94. The van der Waals surface area contributed by atoms with Crippen molar-refractivity contribution in [3.05, 3.63) is 28.2 Å². The lowest BCUT2D eigenvalue weighted by atomic mass is 10.3. The van der Waals surface area contributed by atoms with E-state index in [0.717, 1.165) is 5.82 Å². The molecule has 0 saturated heterocycles. The molecule has 5 nitrogen and oxygen atoms in total. The number of hydrogen-bond donors (Lipinski definition) is 1. The molecule has 2 aromatic rings. The van der Waals surface area contributed by atoms with Gasteiger partial charge in [0.1, 0.15) is 0 Å². The summed E-state index contributed by atoms with van der Waals surface area (Å²) in [5.74, 6) is -0.119. The first-order valence-electron chi connectivity index (χ1n) is 4.92. The zero-order valence-corrected chi connectivity index (χ0v) is 10.8. The summed E-state index contributed by atoms with van der Waals surface area (Å²) in [5.41, 5.74) is 0. The molecule has 0 radical (unpaired) electrons. The fourth-order valence-electron chi connectivity index (χ4n) is 1.32. The number of nitrogens with zero attached hydrogens (tertiary/aromatic N) is 3. The van der Waals surface area contributed by atoms with Crippen molar-refractivity contribution in [1.29, 1.82) is 0 Å². The number of thiophene rings is 1. The Labute approximate surface area is 106 Å². The second-order valence-corrected chi connectivity index (χ2v) is 5.35. The van der Waals surface area contributed by atoms with E-state index in [4.69, 9.17) is 5.11 Å².